The molecule has 0 aliphatic heterocycles. The second-order valence-electron chi connectivity index (χ2n) is 2.59. The summed E-state index contributed by atoms with van der Waals surface area (Å²) in [5.74, 6) is -0.593. The van der Waals surface area contributed by atoms with Crippen molar-refractivity contribution < 1.29 is 4.39 Å². The lowest BCUT2D eigenvalue weighted by molar-refractivity contribution is 0.628. The molecule has 1 rings (SSSR count). The molecular formula is C8H9BrFN3. The summed E-state index contributed by atoms with van der Waals surface area (Å²) >= 11 is 3.16. The minimum absolute atomic E-state index is 0.149. The number of rotatable bonds is 1. The van der Waals surface area contributed by atoms with Crippen molar-refractivity contribution in [3.05, 3.63) is 28.0 Å². The second kappa shape index (κ2) is 3.74. The maximum absolute atomic E-state index is 13.2. The van der Waals surface area contributed by atoms with E-state index in [2.05, 4.69) is 20.9 Å². The summed E-state index contributed by atoms with van der Waals surface area (Å²) in [4.78, 5) is 3.68. The van der Waals surface area contributed by atoms with Crippen molar-refractivity contribution in [3.8, 4) is 0 Å². The van der Waals surface area contributed by atoms with Crippen LogP contribution in [0.1, 0.15) is 5.56 Å². The molecular weight excluding hydrogens is 237 g/mol. The molecule has 0 atom stereocenters. The lowest BCUT2D eigenvalue weighted by Crippen LogP contribution is -2.22. The van der Waals surface area contributed by atoms with Gasteiger partial charge >= 0.3 is 0 Å². The highest BCUT2D eigenvalue weighted by molar-refractivity contribution is 9.10. The van der Waals surface area contributed by atoms with Crippen LogP contribution < -0.4 is 11.5 Å². The van der Waals surface area contributed by atoms with Gasteiger partial charge in [-0.1, -0.05) is 15.9 Å². The predicted molar refractivity (Wildman–Crippen MR) is 54.3 cm³/mol. The van der Waals surface area contributed by atoms with Gasteiger partial charge in [-0.2, -0.15) is 0 Å². The third-order valence-electron chi connectivity index (χ3n) is 1.46. The van der Waals surface area contributed by atoms with Crippen LogP contribution in [0, 0.1) is 12.7 Å². The number of hydrogen-bond donors (Lipinski definition) is 2. The molecule has 0 heterocycles. The van der Waals surface area contributed by atoms with Crippen molar-refractivity contribution >= 4 is 27.6 Å². The van der Waals surface area contributed by atoms with Gasteiger partial charge in [0.25, 0.3) is 0 Å². The molecule has 3 nitrogen and oxygen atoms in total. The van der Waals surface area contributed by atoms with E-state index in [1.165, 1.54) is 6.07 Å². The summed E-state index contributed by atoms with van der Waals surface area (Å²) in [7, 11) is 0. The Bertz CT molecular complexity index is 335. The first-order valence-electron chi connectivity index (χ1n) is 3.56. The lowest BCUT2D eigenvalue weighted by Gasteiger charge is -2.02. The van der Waals surface area contributed by atoms with E-state index in [0.29, 0.717) is 10.0 Å². The molecule has 0 saturated heterocycles. The van der Waals surface area contributed by atoms with Crippen molar-refractivity contribution in [2.24, 2.45) is 16.5 Å². The van der Waals surface area contributed by atoms with Crippen LogP contribution in [-0.4, -0.2) is 5.96 Å². The third kappa shape index (κ3) is 2.42. The Balaban J connectivity index is 3.29. The average Bonchev–Trinajstić information content (AvgIpc) is 1.96. The fraction of sp³-hybridized carbons (Fsp3) is 0.125. The molecule has 1 aromatic rings. The minimum Gasteiger partial charge on any atom is -0.370 e. The molecule has 0 unspecified atom stereocenters. The average molecular weight is 246 g/mol. The van der Waals surface area contributed by atoms with Gasteiger partial charge in [0.15, 0.2) is 5.96 Å². The molecule has 0 aliphatic rings. The molecule has 4 N–H and O–H groups in total. The molecule has 0 aliphatic carbocycles. The van der Waals surface area contributed by atoms with Gasteiger partial charge in [0.1, 0.15) is 11.5 Å². The zero-order chi connectivity index (χ0) is 10.0. The highest BCUT2D eigenvalue weighted by atomic mass is 79.9. The van der Waals surface area contributed by atoms with Gasteiger partial charge in [-0.25, -0.2) is 9.38 Å². The molecule has 0 amide bonds. The molecule has 1 aromatic carbocycles. The van der Waals surface area contributed by atoms with Crippen LogP contribution in [0.4, 0.5) is 10.1 Å². The van der Waals surface area contributed by atoms with Crippen molar-refractivity contribution in [3.63, 3.8) is 0 Å². The molecule has 0 aromatic heterocycles. The van der Waals surface area contributed by atoms with Crippen LogP contribution in [-0.2, 0) is 0 Å². The first kappa shape index (κ1) is 9.98. The van der Waals surface area contributed by atoms with Gasteiger partial charge in [-0.05, 0) is 24.6 Å². The van der Waals surface area contributed by atoms with E-state index in [1.54, 1.807) is 13.0 Å². The van der Waals surface area contributed by atoms with Crippen LogP contribution in [0.2, 0.25) is 0 Å². The van der Waals surface area contributed by atoms with Crippen molar-refractivity contribution in [2.45, 2.75) is 6.92 Å². The number of aryl methyl sites for hydroxylation is 1. The van der Waals surface area contributed by atoms with Crippen LogP contribution in [0.5, 0.6) is 0 Å². The number of guanidine groups is 1. The van der Waals surface area contributed by atoms with Gasteiger partial charge in [0, 0.05) is 4.47 Å². The maximum Gasteiger partial charge on any atom is 0.191 e. The lowest BCUT2D eigenvalue weighted by atomic mass is 10.2. The highest BCUT2D eigenvalue weighted by Crippen LogP contribution is 2.26. The molecule has 0 radical (unpaired) electrons. The van der Waals surface area contributed by atoms with E-state index < -0.39 is 5.82 Å². The Morgan fingerprint density at radius 2 is 2.08 bits per heavy atom. The van der Waals surface area contributed by atoms with Crippen LogP contribution >= 0.6 is 15.9 Å². The van der Waals surface area contributed by atoms with E-state index in [4.69, 9.17) is 11.5 Å². The normalized spacial score (nSPS) is 9.77. The second-order valence-corrected chi connectivity index (χ2v) is 3.51. The standard InChI is InChI=1S/C8H9BrFN3/c1-4-2-5(9)3-6(10)7(4)13-8(11)12/h2-3H,1H3,(H4,11,12,13). The number of hydrogen-bond acceptors (Lipinski definition) is 1. The summed E-state index contributed by atoms with van der Waals surface area (Å²) in [6, 6.07) is 3.06. The smallest absolute Gasteiger partial charge is 0.191 e. The molecule has 0 bridgehead atoms. The number of aliphatic imine (C=N–C) groups is 1. The fourth-order valence-corrected chi connectivity index (χ4v) is 1.51. The Morgan fingerprint density at radius 3 is 2.54 bits per heavy atom. The largest absolute Gasteiger partial charge is 0.370 e. The number of nitrogens with two attached hydrogens (primary N) is 2. The summed E-state index contributed by atoms with van der Waals surface area (Å²) in [5, 5.41) is 0. The molecule has 0 fully saturated rings. The monoisotopic (exact) mass is 245 g/mol. The topological polar surface area (TPSA) is 64.4 Å². The molecule has 70 valence electrons. The first-order valence-corrected chi connectivity index (χ1v) is 4.35. The first-order chi connectivity index (χ1) is 6.00. The summed E-state index contributed by atoms with van der Waals surface area (Å²) in [6.07, 6.45) is 0. The Morgan fingerprint density at radius 1 is 1.46 bits per heavy atom. The Hall–Kier alpha value is -1.10. The molecule has 0 spiro atoms. The Kier molecular flexibility index (Phi) is 2.87. The van der Waals surface area contributed by atoms with Gasteiger partial charge in [-0.3, -0.25) is 0 Å². The van der Waals surface area contributed by atoms with Gasteiger partial charge in [0.05, 0.1) is 0 Å². The van der Waals surface area contributed by atoms with Gasteiger partial charge in [0.2, 0.25) is 0 Å². The van der Waals surface area contributed by atoms with Crippen molar-refractivity contribution in [1.82, 2.24) is 0 Å². The molecule has 0 saturated carbocycles. The van der Waals surface area contributed by atoms with Crippen molar-refractivity contribution in [1.29, 1.82) is 0 Å². The highest BCUT2D eigenvalue weighted by Gasteiger charge is 2.05. The van der Waals surface area contributed by atoms with E-state index in [1.807, 2.05) is 0 Å². The van der Waals surface area contributed by atoms with Gasteiger partial charge < -0.3 is 11.5 Å². The maximum atomic E-state index is 13.2. The number of nitrogens with zero attached hydrogens (tertiary/aromatic N) is 1. The minimum atomic E-state index is -0.444. The van der Waals surface area contributed by atoms with E-state index >= 15 is 0 Å². The summed E-state index contributed by atoms with van der Waals surface area (Å²) < 4.78 is 13.9. The zero-order valence-corrected chi connectivity index (χ0v) is 8.60. The van der Waals surface area contributed by atoms with E-state index in [9.17, 15) is 4.39 Å². The third-order valence-corrected chi connectivity index (χ3v) is 1.92. The van der Waals surface area contributed by atoms with Crippen molar-refractivity contribution in [2.75, 3.05) is 0 Å². The summed E-state index contributed by atoms with van der Waals surface area (Å²) in [6.45, 7) is 1.73. The predicted octanol–water partition coefficient (Wildman–Crippen LogP) is 1.80. The Labute approximate surface area is 83.8 Å². The fourth-order valence-electron chi connectivity index (χ4n) is 0.965. The van der Waals surface area contributed by atoms with E-state index in [-0.39, 0.29) is 11.6 Å². The van der Waals surface area contributed by atoms with Crippen LogP contribution in [0.3, 0.4) is 0 Å². The molecule has 13 heavy (non-hydrogen) atoms. The SMILES string of the molecule is Cc1cc(Br)cc(F)c1N=C(N)N. The summed E-state index contributed by atoms with van der Waals surface area (Å²) in [5.41, 5.74) is 11.2. The van der Waals surface area contributed by atoms with E-state index in [0.717, 1.165) is 0 Å². The quantitative estimate of drug-likeness (QED) is 0.586. The van der Waals surface area contributed by atoms with Gasteiger partial charge in [-0.15, -0.1) is 0 Å². The molecule has 5 heteroatoms. The number of benzene rings is 1. The van der Waals surface area contributed by atoms with Crippen LogP contribution in [0.15, 0.2) is 21.6 Å². The zero-order valence-electron chi connectivity index (χ0n) is 7.01. The van der Waals surface area contributed by atoms with Crippen LogP contribution in [0.25, 0.3) is 0 Å². The number of halogens is 2.